The second kappa shape index (κ2) is 4.14. The van der Waals surface area contributed by atoms with E-state index < -0.39 is 5.60 Å². The van der Waals surface area contributed by atoms with Crippen LogP contribution in [0.2, 0.25) is 0 Å². The molecule has 0 aliphatic rings. The van der Waals surface area contributed by atoms with Crippen molar-refractivity contribution >= 4 is 5.97 Å². The largest absolute Gasteiger partial charge is 0.455 e. The highest BCUT2D eigenvalue weighted by Gasteiger charge is 2.17. The van der Waals surface area contributed by atoms with E-state index in [-0.39, 0.29) is 5.97 Å². The van der Waals surface area contributed by atoms with Crippen molar-refractivity contribution in [1.82, 2.24) is 5.32 Å². The number of carbonyl (C=O) groups is 1. The summed E-state index contributed by atoms with van der Waals surface area (Å²) in [5, 5.41) is 2.80. The summed E-state index contributed by atoms with van der Waals surface area (Å²) in [6.07, 6.45) is 0. The van der Waals surface area contributed by atoms with Crippen LogP contribution in [0.5, 0.6) is 0 Å². The monoisotopic (exact) mass is 171 g/mol. The Morgan fingerprint density at radius 3 is 2.33 bits per heavy atom. The highest BCUT2D eigenvalue weighted by atomic mass is 16.6. The van der Waals surface area contributed by atoms with E-state index in [1.54, 1.807) is 0 Å². The Kier molecular flexibility index (Phi) is 3.80. The zero-order valence-corrected chi connectivity index (χ0v) is 8.23. The molecule has 0 saturated heterocycles. The molecule has 1 N–H and O–H groups in total. The van der Waals surface area contributed by atoms with E-state index in [0.717, 1.165) is 0 Å². The van der Waals surface area contributed by atoms with Crippen LogP contribution in [0.25, 0.3) is 0 Å². The molecular formula is C9H17NO2. The number of rotatable bonds is 3. The lowest BCUT2D eigenvalue weighted by Crippen LogP contribution is -2.29. The Hall–Kier alpha value is -0.990. The second-order valence-corrected chi connectivity index (χ2v) is 3.51. The van der Waals surface area contributed by atoms with Crippen molar-refractivity contribution in [3.05, 3.63) is 12.3 Å². The van der Waals surface area contributed by atoms with Gasteiger partial charge >= 0.3 is 5.97 Å². The second-order valence-electron chi connectivity index (χ2n) is 3.51. The Morgan fingerprint density at radius 2 is 2.00 bits per heavy atom. The molecule has 0 amide bonds. The molecule has 0 fully saturated rings. The molecule has 3 nitrogen and oxygen atoms in total. The molecule has 70 valence electrons. The summed E-state index contributed by atoms with van der Waals surface area (Å²) in [5.74, 6) is -0.385. The van der Waals surface area contributed by atoms with Gasteiger partial charge < -0.3 is 10.1 Å². The topological polar surface area (TPSA) is 38.3 Å². The van der Waals surface area contributed by atoms with Crippen LogP contribution in [0.3, 0.4) is 0 Å². The fraction of sp³-hybridized carbons (Fsp3) is 0.667. The fourth-order valence-electron chi connectivity index (χ4n) is 0.625. The van der Waals surface area contributed by atoms with Gasteiger partial charge in [0.05, 0.1) is 0 Å². The number of likely N-dealkylation sites (N-methyl/N-ethyl adjacent to an activating group) is 1. The molecule has 0 rings (SSSR count). The quantitative estimate of drug-likeness (QED) is 0.516. The molecule has 0 spiro atoms. The van der Waals surface area contributed by atoms with Gasteiger partial charge in [-0.1, -0.05) is 6.58 Å². The summed E-state index contributed by atoms with van der Waals surface area (Å²) >= 11 is 0. The van der Waals surface area contributed by atoms with Gasteiger partial charge in [-0.25, -0.2) is 4.79 Å². The zero-order valence-electron chi connectivity index (χ0n) is 8.23. The maximum absolute atomic E-state index is 11.2. The normalized spacial score (nSPS) is 10.7. The number of hydrogen-bond acceptors (Lipinski definition) is 3. The summed E-state index contributed by atoms with van der Waals surface area (Å²) in [5.41, 5.74) is -0.137. The number of carbonyl (C=O) groups excluding carboxylic acids is 1. The van der Waals surface area contributed by atoms with Gasteiger partial charge in [-0.2, -0.15) is 0 Å². The summed E-state index contributed by atoms with van der Waals surface area (Å²) in [7, 11) is 0. The highest BCUT2D eigenvalue weighted by molar-refractivity contribution is 5.87. The average Bonchev–Trinajstić information content (AvgIpc) is 1.84. The first-order chi connectivity index (χ1) is 5.37. The predicted octanol–water partition coefficient (Wildman–Crippen LogP) is 1.45. The molecule has 0 aliphatic heterocycles. The maximum atomic E-state index is 11.2. The third-order valence-corrected chi connectivity index (χ3v) is 1.04. The van der Waals surface area contributed by atoms with Crippen LogP contribution in [0.1, 0.15) is 27.7 Å². The van der Waals surface area contributed by atoms with E-state index >= 15 is 0 Å². The van der Waals surface area contributed by atoms with E-state index in [4.69, 9.17) is 4.74 Å². The standard InChI is InChI=1S/C9H17NO2/c1-6-10-7(2)8(11)12-9(3,4)5/h10H,2,6H2,1,3-5H3. The molecule has 0 saturated carbocycles. The lowest BCUT2D eigenvalue weighted by atomic mass is 10.2. The van der Waals surface area contributed by atoms with Crippen LogP contribution in [0.4, 0.5) is 0 Å². The van der Waals surface area contributed by atoms with Gasteiger partial charge in [-0.05, 0) is 27.7 Å². The van der Waals surface area contributed by atoms with Crippen molar-refractivity contribution in [3.8, 4) is 0 Å². The first-order valence-corrected chi connectivity index (χ1v) is 4.03. The van der Waals surface area contributed by atoms with Crippen LogP contribution in [-0.2, 0) is 9.53 Å². The predicted molar refractivity (Wildman–Crippen MR) is 48.7 cm³/mol. The van der Waals surface area contributed by atoms with Crippen LogP contribution in [-0.4, -0.2) is 18.1 Å². The number of hydrogen-bond donors (Lipinski definition) is 1. The highest BCUT2D eigenvalue weighted by Crippen LogP contribution is 2.08. The van der Waals surface area contributed by atoms with Crippen LogP contribution < -0.4 is 5.32 Å². The van der Waals surface area contributed by atoms with Gasteiger partial charge in [0, 0.05) is 6.54 Å². The first-order valence-electron chi connectivity index (χ1n) is 4.03. The molecule has 0 unspecified atom stereocenters. The van der Waals surface area contributed by atoms with E-state index in [1.165, 1.54) is 0 Å². The minimum atomic E-state index is -0.449. The van der Waals surface area contributed by atoms with Crippen molar-refractivity contribution in [3.63, 3.8) is 0 Å². The zero-order chi connectivity index (χ0) is 9.78. The summed E-state index contributed by atoms with van der Waals surface area (Å²) in [4.78, 5) is 11.2. The van der Waals surface area contributed by atoms with Crippen molar-refractivity contribution in [1.29, 1.82) is 0 Å². The van der Waals surface area contributed by atoms with Crippen molar-refractivity contribution in [2.45, 2.75) is 33.3 Å². The maximum Gasteiger partial charge on any atom is 0.354 e. The third kappa shape index (κ3) is 4.77. The van der Waals surface area contributed by atoms with E-state index in [0.29, 0.717) is 12.2 Å². The average molecular weight is 171 g/mol. The Balaban J connectivity index is 3.97. The van der Waals surface area contributed by atoms with Crippen molar-refractivity contribution < 1.29 is 9.53 Å². The molecule has 0 bridgehead atoms. The van der Waals surface area contributed by atoms with Gasteiger partial charge in [-0.15, -0.1) is 0 Å². The minimum absolute atomic E-state index is 0.312. The Bertz CT molecular complexity index is 179. The number of ether oxygens (including phenoxy) is 1. The molecule has 0 atom stereocenters. The summed E-state index contributed by atoms with van der Waals surface area (Å²) in [6, 6.07) is 0. The van der Waals surface area contributed by atoms with Gasteiger partial charge in [0.1, 0.15) is 11.3 Å². The van der Waals surface area contributed by atoms with Crippen molar-refractivity contribution in [2.24, 2.45) is 0 Å². The summed E-state index contributed by atoms with van der Waals surface area (Å²) in [6.45, 7) is 11.6. The molecular weight excluding hydrogens is 154 g/mol. The SMILES string of the molecule is C=C(NCC)C(=O)OC(C)(C)C. The van der Waals surface area contributed by atoms with Crippen LogP contribution in [0.15, 0.2) is 12.3 Å². The first kappa shape index (κ1) is 11.0. The molecule has 0 aromatic rings. The molecule has 3 heteroatoms. The molecule has 0 heterocycles. The molecule has 0 aromatic heterocycles. The van der Waals surface area contributed by atoms with Crippen LogP contribution >= 0.6 is 0 Å². The van der Waals surface area contributed by atoms with E-state index in [2.05, 4.69) is 11.9 Å². The van der Waals surface area contributed by atoms with Gasteiger partial charge in [0.15, 0.2) is 0 Å². The molecule has 0 radical (unpaired) electrons. The number of esters is 1. The van der Waals surface area contributed by atoms with Crippen LogP contribution in [0, 0.1) is 0 Å². The van der Waals surface area contributed by atoms with E-state index in [9.17, 15) is 4.79 Å². The van der Waals surface area contributed by atoms with Gasteiger partial charge in [-0.3, -0.25) is 0 Å². The fourth-order valence-corrected chi connectivity index (χ4v) is 0.625. The molecule has 12 heavy (non-hydrogen) atoms. The van der Waals surface area contributed by atoms with E-state index in [1.807, 2.05) is 27.7 Å². The number of nitrogens with one attached hydrogen (secondary N) is 1. The lowest BCUT2D eigenvalue weighted by molar-refractivity contribution is -0.150. The van der Waals surface area contributed by atoms with Gasteiger partial charge in [0.2, 0.25) is 0 Å². The Morgan fingerprint density at radius 1 is 1.50 bits per heavy atom. The smallest absolute Gasteiger partial charge is 0.354 e. The molecule has 0 aliphatic carbocycles. The van der Waals surface area contributed by atoms with Gasteiger partial charge in [0.25, 0.3) is 0 Å². The molecule has 0 aromatic carbocycles. The minimum Gasteiger partial charge on any atom is -0.455 e. The third-order valence-electron chi connectivity index (χ3n) is 1.04. The van der Waals surface area contributed by atoms with Crippen molar-refractivity contribution in [2.75, 3.05) is 6.54 Å². The lowest BCUT2D eigenvalue weighted by Gasteiger charge is -2.20. The Labute approximate surface area is 73.8 Å². The summed E-state index contributed by atoms with van der Waals surface area (Å²) < 4.78 is 5.05.